The second kappa shape index (κ2) is 3.99. The molecular weight excluding hydrogens is 241 g/mol. The number of hydrogen-bond donors (Lipinski definition) is 1. The van der Waals surface area contributed by atoms with E-state index in [1.165, 1.54) is 6.07 Å². The molecule has 0 saturated carbocycles. The molecule has 0 amide bonds. The molecule has 0 saturated heterocycles. The average Bonchev–Trinajstić information content (AvgIpc) is 2.26. The summed E-state index contributed by atoms with van der Waals surface area (Å²) in [5, 5.41) is 10.9. The summed E-state index contributed by atoms with van der Waals surface area (Å²) in [5.74, 6) is 0. The topological polar surface area (TPSA) is 20.2 Å². The summed E-state index contributed by atoms with van der Waals surface area (Å²) in [6, 6.07) is 9.92. The van der Waals surface area contributed by atoms with E-state index in [1.54, 1.807) is 37.3 Å². The third-order valence-corrected chi connectivity index (χ3v) is 3.08. The van der Waals surface area contributed by atoms with E-state index in [0.29, 0.717) is 16.3 Å². The van der Waals surface area contributed by atoms with Crippen molar-refractivity contribution in [2.45, 2.75) is 25.6 Å². The van der Waals surface area contributed by atoms with Crippen LogP contribution in [0.2, 0.25) is 0 Å². The van der Waals surface area contributed by atoms with Gasteiger partial charge < -0.3 is 5.11 Å². The number of fused-ring (bicyclic) bond motifs is 1. The van der Waals surface area contributed by atoms with Gasteiger partial charge in [-0.1, -0.05) is 42.0 Å². The monoisotopic (exact) mass is 254 g/mol. The number of halogens is 3. The van der Waals surface area contributed by atoms with E-state index in [2.05, 4.69) is 0 Å². The summed E-state index contributed by atoms with van der Waals surface area (Å²) in [6.07, 6.45) is -4.70. The van der Waals surface area contributed by atoms with Gasteiger partial charge in [0.25, 0.3) is 0 Å². The molecule has 4 heteroatoms. The summed E-state index contributed by atoms with van der Waals surface area (Å²) < 4.78 is 38.8. The van der Waals surface area contributed by atoms with E-state index in [-0.39, 0.29) is 5.56 Å². The van der Waals surface area contributed by atoms with Gasteiger partial charge in [0.15, 0.2) is 5.60 Å². The van der Waals surface area contributed by atoms with Crippen molar-refractivity contribution in [3.05, 3.63) is 47.5 Å². The molecular formula is C14H13F3O. The van der Waals surface area contributed by atoms with Crippen LogP contribution in [-0.2, 0) is 5.60 Å². The minimum atomic E-state index is -4.70. The van der Waals surface area contributed by atoms with Gasteiger partial charge in [0.05, 0.1) is 0 Å². The van der Waals surface area contributed by atoms with Gasteiger partial charge in [-0.25, -0.2) is 0 Å². The van der Waals surface area contributed by atoms with Crippen LogP contribution in [0, 0.1) is 6.92 Å². The second-order valence-corrected chi connectivity index (χ2v) is 4.60. The Morgan fingerprint density at radius 1 is 1.06 bits per heavy atom. The van der Waals surface area contributed by atoms with Gasteiger partial charge in [-0.15, -0.1) is 0 Å². The lowest BCUT2D eigenvalue weighted by molar-refractivity contribution is -0.258. The lowest BCUT2D eigenvalue weighted by atomic mass is 9.89. The van der Waals surface area contributed by atoms with E-state index in [1.807, 2.05) is 0 Å². The smallest absolute Gasteiger partial charge is 0.376 e. The van der Waals surface area contributed by atoms with Crippen LogP contribution in [-0.4, -0.2) is 11.3 Å². The Labute approximate surface area is 103 Å². The fraction of sp³-hybridized carbons (Fsp3) is 0.286. The van der Waals surface area contributed by atoms with Crippen molar-refractivity contribution in [2.75, 3.05) is 0 Å². The maximum atomic E-state index is 12.9. The highest BCUT2D eigenvalue weighted by atomic mass is 19.4. The Balaban J connectivity index is 2.79. The number of hydrogen-bond acceptors (Lipinski definition) is 1. The predicted octanol–water partition coefficient (Wildman–Crippen LogP) is 3.92. The highest BCUT2D eigenvalue weighted by Crippen LogP contribution is 2.41. The van der Waals surface area contributed by atoms with Crippen molar-refractivity contribution in [3.8, 4) is 0 Å². The summed E-state index contributed by atoms with van der Waals surface area (Å²) in [7, 11) is 0. The number of aliphatic hydroxyl groups is 1. The van der Waals surface area contributed by atoms with E-state index < -0.39 is 11.8 Å². The molecule has 1 nitrogen and oxygen atoms in total. The molecule has 1 unspecified atom stereocenters. The van der Waals surface area contributed by atoms with Gasteiger partial charge in [-0.2, -0.15) is 13.2 Å². The normalized spacial score (nSPS) is 15.7. The van der Waals surface area contributed by atoms with E-state index in [4.69, 9.17) is 0 Å². The molecule has 2 rings (SSSR count). The van der Waals surface area contributed by atoms with Crippen molar-refractivity contribution in [1.82, 2.24) is 0 Å². The molecule has 96 valence electrons. The molecule has 18 heavy (non-hydrogen) atoms. The molecule has 1 N–H and O–H groups in total. The van der Waals surface area contributed by atoms with Crippen LogP contribution in [0.25, 0.3) is 10.8 Å². The van der Waals surface area contributed by atoms with E-state index in [9.17, 15) is 18.3 Å². The Morgan fingerprint density at radius 3 is 2.28 bits per heavy atom. The molecule has 1 atom stereocenters. The maximum absolute atomic E-state index is 12.9. The van der Waals surface area contributed by atoms with Gasteiger partial charge in [0.1, 0.15) is 0 Å². The predicted molar refractivity (Wildman–Crippen MR) is 64.3 cm³/mol. The molecule has 0 aliphatic heterocycles. The van der Waals surface area contributed by atoms with Crippen LogP contribution in [0.4, 0.5) is 13.2 Å². The first-order valence-corrected chi connectivity index (χ1v) is 5.52. The molecule has 0 aromatic heterocycles. The largest absolute Gasteiger partial charge is 0.421 e. The lowest BCUT2D eigenvalue weighted by Gasteiger charge is -2.28. The van der Waals surface area contributed by atoms with Crippen LogP contribution in [0.15, 0.2) is 36.4 Å². The Morgan fingerprint density at radius 2 is 1.67 bits per heavy atom. The quantitative estimate of drug-likeness (QED) is 0.817. The standard InChI is InChI=1S/C14H13F3O/c1-9-7-10-5-3-4-6-11(10)12(8-9)13(2,18)14(15,16)17/h3-8,18H,1-2H3. The molecule has 0 heterocycles. The first kappa shape index (κ1) is 12.9. The van der Waals surface area contributed by atoms with Crippen molar-refractivity contribution in [2.24, 2.45) is 0 Å². The zero-order chi connectivity index (χ0) is 13.6. The summed E-state index contributed by atoms with van der Waals surface area (Å²) >= 11 is 0. The maximum Gasteiger partial charge on any atom is 0.421 e. The summed E-state index contributed by atoms with van der Waals surface area (Å²) in [5.41, 5.74) is -2.27. The van der Waals surface area contributed by atoms with Gasteiger partial charge in [0, 0.05) is 5.56 Å². The van der Waals surface area contributed by atoms with Crippen molar-refractivity contribution in [3.63, 3.8) is 0 Å². The average molecular weight is 254 g/mol. The first-order valence-electron chi connectivity index (χ1n) is 5.52. The van der Waals surface area contributed by atoms with Crippen LogP contribution < -0.4 is 0 Å². The molecule has 0 spiro atoms. The third kappa shape index (κ3) is 1.97. The number of aryl methyl sites for hydroxylation is 1. The first-order chi connectivity index (χ1) is 8.23. The van der Waals surface area contributed by atoms with E-state index >= 15 is 0 Å². The highest BCUT2D eigenvalue weighted by molar-refractivity contribution is 5.87. The van der Waals surface area contributed by atoms with Crippen molar-refractivity contribution in [1.29, 1.82) is 0 Å². The third-order valence-electron chi connectivity index (χ3n) is 3.08. The van der Waals surface area contributed by atoms with Crippen LogP contribution >= 0.6 is 0 Å². The zero-order valence-electron chi connectivity index (χ0n) is 10.0. The van der Waals surface area contributed by atoms with Crippen LogP contribution in [0.1, 0.15) is 18.1 Å². The van der Waals surface area contributed by atoms with Crippen molar-refractivity contribution >= 4 is 10.8 Å². The molecule has 0 bridgehead atoms. The van der Waals surface area contributed by atoms with Gasteiger partial charge in [-0.05, 0) is 24.6 Å². The van der Waals surface area contributed by atoms with Crippen molar-refractivity contribution < 1.29 is 18.3 Å². The fourth-order valence-electron chi connectivity index (χ4n) is 2.02. The number of alkyl halides is 3. The molecule has 2 aromatic carbocycles. The van der Waals surface area contributed by atoms with Gasteiger partial charge in [0.2, 0.25) is 0 Å². The SMILES string of the molecule is Cc1cc(C(C)(O)C(F)(F)F)c2ccccc2c1. The van der Waals surface area contributed by atoms with Gasteiger partial charge >= 0.3 is 6.18 Å². The Bertz CT molecular complexity index is 585. The highest BCUT2D eigenvalue weighted by Gasteiger charge is 2.51. The Kier molecular flexibility index (Phi) is 2.86. The second-order valence-electron chi connectivity index (χ2n) is 4.60. The van der Waals surface area contributed by atoms with Gasteiger partial charge in [-0.3, -0.25) is 0 Å². The number of rotatable bonds is 1. The fourth-order valence-corrected chi connectivity index (χ4v) is 2.02. The lowest BCUT2D eigenvalue weighted by Crippen LogP contribution is -2.39. The summed E-state index contributed by atoms with van der Waals surface area (Å²) in [4.78, 5) is 0. The number of benzene rings is 2. The molecule has 0 aliphatic carbocycles. The van der Waals surface area contributed by atoms with E-state index in [0.717, 1.165) is 6.92 Å². The van der Waals surface area contributed by atoms with Crippen LogP contribution in [0.5, 0.6) is 0 Å². The summed E-state index contributed by atoms with van der Waals surface area (Å²) in [6.45, 7) is 2.50. The molecule has 0 radical (unpaired) electrons. The minimum Gasteiger partial charge on any atom is -0.376 e. The Hall–Kier alpha value is -1.55. The molecule has 0 aliphatic rings. The minimum absolute atomic E-state index is 0.106. The molecule has 2 aromatic rings. The van der Waals surface area contributed by atoms with Crippen LogP contribution in [0.3, 0.4) is 0 Å². The molecule has 0 fully saturated rings. The zero-order valence-corrected chi connectivity index (χ0v) is 10.0.